The number of aliphatic hydroxyl groups is 1. The van der Waals surface area contributed by atoms with E-state index in [1.165, 1.54) is 19.3 Å². The summed E-state index contributed by atoms with van der Waals surface area (Å²) in [6, 6.07) is 7.80. The molecular formula is C17H25NO2. The Bertz CT molecular complexity index is 500. The molecule has 4 unspecified atom stereocenters. The molecule has 0 saturated heterocycles. The summed E-state index contributed by atoms with van der Waals surface area (Å²) in [5.74, 6) is 2.09. The standard InChI is InChI=1S/C17H25NO2/c1-16(19,13-4-3-5-15(9-13)20-2)17(11-18)10-12-6-7-14(17)8-12/h3-5,9,12,14,19H,6-8,10-11,18H2,1-2H3. The zero-order valence-electron chi connectivity index (χ0n) is 12.4. The van der Waals surface area contributed by atoms with Gasteiger partial charge in [-0.25, -0.2) is 0 Å². The highest BCUT2D eigenvalue weighted by Gasteiger charge is 2.59. The average Bonchev–Trinajstić information content (AvgIpc) is 3.08. The minimum atomic E-state index is -0.893. The molecule has 2 aliphatic rings. The number of nitrogens with two attached hydrogens (primary N) is 1. The second kappa shape index (κ2) is 4.74. The normalized spacial score (nSPS) is 35.0. The summed E-state index contributed by atoms with van der Waals surface area (Å²) in [6.45, 7) is 2.49. The zero-order chi connectivity index (χ0) is 14.4. The van der Waals surface area contributed by atoms with Gasteiger partial charge in [-0.3, -0.25) is 0 Å². The van der Waals surface area contributed by atoms with Crippen molar-refractivity contribution in [2.75, 3.05) is 13.7 Å². The van der Waals surface area contributed by atoms with Crippen LogP contribution in [0.4, 0.5) is 0 Å². The Morgan fingerprint density at radius 3 is 2.80 bits per heavy atom. The van der Waals surface area contributed by atoms with E-state index >= 15 is 0 Å². The molecule has 2 saturated carbocycles. The minimum Gasteiger partial charge on any atom is -0.497 e. The van der Waals surface area contributed by atoms with Crippen molar-refractivity contribution in [3.63, 3.8) is 0 Å². The monoisotopic (exact) mass is 275 g/mol. The van der Waals surface area contributed by atoms with E-state index < -0.39 is 5.60 Å². The summed E-state index contributed by atoms with van der Waals surface area (Å²) in [5.41, 5.74) is 6.01. The van der Waals surface area contributed by atoms with Gasteiger partial charge < -0.3 is 15.6 Å². The van der Waals surface area contributed by atoms with E-state index in [1.54, 1.807) is 7.11 Å². The van der Waals surface area contributed by atoms with Crippen LogP contribution in [0.1, 0.15) is 38.2 Å². The van der Waals surface area contributed by atoms with E-state index in [1.807, 2.05) is 31.2 Å². The number of fused-ring (bicyclic) bond motifs is 2. The molecule has 0 aliphatic heterocycles. The third kappa shape index (κ3) is 1.80. The van der Waals surface area contributed by atoms with Gasteiger partial charge in [0.15, 0.2) is 0 Å². The molecule has 2 fully saturated rings. The van der Waals surface area contributed by atoms with Crippen LogP contribution in [-0.4, -0.2) is 18.8 Å². The molecule has 20 heavy (non-hydrogen) atoms. The van der Waals surface area contributed by atoms with Gasteiger partial charge in [-0.2, -0.15) is 0 Å². The second-order valence-corrected chi connectivity index (χ2v) is 6.74. The van der Waals surface area contributed by atoms with Crippen LogP contribution in [0.5, 0.6) is 5.75 Å². The van der Waals surface area contributed by atoms with Crippen LogP contribution in [0.3, 0.4) is 0 Å². The third-order valence-electron chi connectivity index (χ3n) is 5.94. The SMILES string of the molecule is COc1cccc(C(C)(O)C2(CN)CC3CCC2C3)c1. The lowest BCUT2D eigenvalue weighted by Crippen LogP contribution is -2.51. The maximum Gasteiger partial charge on any atom is 0.119 e. The van der Waals surface area contributed by atoms with Crippen molar-refractivity contribution in [3.8, 4) is 5.75 Å². The van der Waals surface area contributed by atoms with Crippen molar-refractivity contribution < 1.29 is 9.84 Å². The summed E-state index contributed by atoms with van der Waals surface area (Å²) < 4.78 is 5.30. The van der Waals surface area contributed by atoms with Gasteiger partial charge >= 0.3 is 0 Å². The Morgan fingerprint density at radius 2 is 2.25 bits per heavy atom. The van der Waals surface area contributed by atoms with Crippen molar-refractivity contribution in [1.82, 2.24) is 0 Å². The molecule has 0 spiro atoms. The van der Waals surface area contributed by atoms with Crippen molar-refractivity contribution in [2.24, 2.45) is 23.0 Å². The first-order chi connectivity index (χ1) is 9.53. The molecule has 2 aliphatic carbocycles. The van der Waals surface area contributed by atoms with E-state index in [9.17, 15) is 5.11 Å². The Labute approximate surface area is 121 Å². The molecule has 2 bridgehead atoms. The lowest BCUT2D eigenvalue weighted by atomic mass is 9.60. The fraction of sp³-hybridized carbons (Fsp3) is 0.647. The first kappa shape index (κ1) is 13.9. The summed E-state index contributed by atoms with van der Waals surface area (Å²) in [5, 5.41) is 11.3. The van der Waals surface area contributed by atoms with Crippen molar-refractivity contribution >= 4 is 0 Å². The molecule has 3 nitrogen and oxygen atoms in total. The number of rotatable bonds is 4. The predicted octanol–water partition coefficient (Wildman–Crippen LogP) is 2.67. The maximum atomic E-state index is 11.3. The molecule has 0 heterocycles. The second-order valence-electron chi connectivity index (χ2n) is 6.74. The van der Waals surface area contributed by atoms with Crippen LogP contribution >= 0.6 is 0 Å². The molecule has 0 amide bonds. The van der Waals surface area contributed by atoms with Crippen molar-refractivity contribution in [1.29, 1.82) is 0 Å². The van der Waals surface area contributed by atoms with E-state index in [-0.39, 0.29) is 5.41 Å². The molecule has 1 aromatic rings. The number of benzene rings is 1. The summed E-state index contributed by atoms with van der Waals surface area (Å²) in [6.07, 6.45) is 4.80. The van der Waals surface area contributed by atoms with Gasteiger partial charge in [0.1, 0.15) is 5.75 Å². The van der Waals surface area contributed by atoms with E-state index in [0.717, 1.165) is 23.7 Å². The molecule has 3 rings (SSSR count). The zero-order valence-corrected chi connectivity index (χ0v) is 12.4. The minimum absolute atomic E-state index is 0.178. The molecule has 3 N–H and O–H groups in total. The number of hydrogen-bond donors (Lipinski definition) is 2. The Balaban J connectivity index is 2.01. The lowest BCUT2D eigenvalue weighted by molar-refractivity contribution is -0.103. The van der Waals surface area contributed by atoms with Crippen LogP contribution in [0.2, 0.25) is 0 Å². The smallest absolute Gasteiger partial charge is 0.119 e. The maximum absolute atomic E-state index is 11.3. The van der Waals surface area contributed by atoms with Gasteiger partial charge in [0.2, 0.25) is 0 Å². The van der Waals surface area contributed by atoms with Crippen LogP contribution in [0.25, 0.3) is 0 Å². The molecule has 110 valence electrons. The van der Waals surface area contributed by atoms with E-state index in [2.05, 4.69) is 0 Å². The molecule has 3 heteroatoms. The molecule has 1 aromatic carbocycles. The van der Waals surface area contributed by atoms with Crippen molar-refractivity contribution in [3.05, 3.63) is 29.8 Å². The average molecular weight is 275 g/mol. The van der Waals surface area contributed by atoms with Crippen LogP contribution in [0.15, 0.2) is 24.3 Å². The van der Waals surface area contributed by atoms with Gasteiger partial charge in [-0.05, 0) is 55.7 Å². The molecule has 0 radical (unpaired) electrons. The van der Waals surface area contributed by atoms with Crippen molar-refractivity contribution in [2.45, 2.75) is 38.2 Å². The van der Waals surface area contributed by atoms with E-state index in [4.69, 9.17) is 10.5 Å². The molecular weight excluding hydrogens is 250 g/mol. The first-order valence-electron chi connectivity index (χ1n) is 7.60. The van der Waals surface area contributed by atoms with Gasteiger partial charge in [0, 0.05) is 12.0 Å². The molecule has 0 aromatic heterocycles. The van der Waals surface area contributed by atoms with Crippen LogP contribution in [-0.2, 0) is 5.60 Å². The molecule has 4 atom stereocenters. The lowest BCUT2D eigenvalue weighted by Gasteiger charge is -2.48. The van der Waals surface area contributed by atoms with Crippen LogP contribution < -0.4 is 10.5 Å². The highest BCUT2D eigenvalue weighted by molar-refractivity contribution is 5.34. The van der Waals surface area contributed by atoms with Gasteiger partial charge in [0.05, 0.1) is 12.7 Å². The van der Waals surface area contributed by atoms with E-state index in [0.29, 0.717) is 12.5 Å². The van der Waals surface area contributed by atoms with Crippen LogP contribution in [0, 0.1) is 17.3 Å². The first-order valence-corrected chi connectivity index (χ1v) is 7.60. The quantitative estimate of drug-likeness (QED) is 0.888. The summed E-state index contributed by atoms with van der Waals surface area (Å²) in [4.78, 5) is 0. The highest BCUT2D eigenvalue weighted by atomic mass is 16.5. The fourth-order valence-corrected chi connectivity index (χ4v) is 4.70. The summed E-state index contributed by atoms with van der Waals surface area (Å²) in [7, 11) is 1.66. The Morgan fingerprint density at radius 1 is 1.45 bits per heavy atom. The Kier molecular flexibility index (Phi) is 3.30. The predicted molar refractivity (Wildman–Crippen MR) is 79.5 cm³/mol. The summed E-state index contributed by atoms with van der Waals surface area (Å²) >= 11 is 0. The van der Waals surface area contributed by atoms with Gasteiger partial charge in [0.25, 0.3) is 0 Å². The fourth-order valence-electron chi connectivity index (χ4n) is 4.70. The number of ether oxygens (including phenoxy) is 1. The topological polar surface area (TPSA) is 55.5 Å². The third-order valence-corrected chi connectivity index (χ3v) is 5.94. The largest absolute Gasteiger partial charge is 0.497 e. The number of hydrogen-bond acceptors (Lipinski definition) is 3. The Hall–Kier alpha value is -1.06. The van der Waals surface area contributed by atoms with Gasteiger partial charge in [-0.15, -0.1) is 0 Å². The van der Waals surface area contributed by atoms with Gasteiger partial charge in [-0.1, -0.05) is 18.6 Å². The highest BCUT2D eigenvalue weighted by Crippen LogP contribution is 2.62. The number of methoxy groups -OCH3 is 1.